The van der Waals surface area contributed by atoms with Crippen molar-refractivity contribution in [2.75, 3.05) is 0 Å². The van der Waals surface area contributed by atoms with Gasteiger partial charge in [-0.25, -0.2) is 0 Å². The molecule has 294 valence electrons. The predicted octanol–water partition coefficient (Wildman–Crippen LogP) is 14.2. The molecule has 0 radical (unpaired) electrons. The first-order valence-electron chi connectivity index (χ1n) is 21.3. The van der Waals surface area contributed by atoms with Crippen LogP contribution in [0.4, 0.5) is 0 Å². The van der Waals surface area contributed by atoms with Crippen LogP contribution in [0.3, 0.4) is 0 Å². The maximum absolute atomic E-state index is 5.41. The molecule has 9 aromatic carbocycles. The summed E-state index contributed by atoms with van der Waals surface area (Å²) in [6, 6.07) is 77.4. The molecule has 13 aromatic rings. The van der Waals surface area contributed by atoms with Gasteiger partial charge in [0.1, 0.15) is 0 Å². The molecule has 0 bridgehead atoms. The van der Waals surface area contributed by atoms with E-state index < -0.39 is 0 Å². The van der Waals surface area contributed by atoms with Crippen molar-refractivity contribution < 1.29 is 0 Å². The minimum Gasteiger partial charge on any atom is -0.309 e. The highest BCUT2D eigenvalue weighted by Crippen LogP contribution is 2.39. The minimum absolute atomic E-state index is 0.548. The lowest BCUT2D eigenvalue weighted by molar-refractivity contribution is 0.893. The molecular formula is C57H36N6. The van der Waals surface area contributed by atoms with Crippen LogP contribution in [-0.2, 0) is 0 Å². The van der Waals surface area contributed by atoms with Crippen molar-refractivity contribution in [1.29, 1.82) is 0 Å². The van der Waals surface area contributed by atoms with Gasteiger partial charge in [0.05, 0.1) is 38.8 Å². The molecule has 4 heterocycles. The van der Waals surface area contributed by atoms with Crippen LogP contribution in [0.1, 0.15) is 0 Å². The summed E-state index contributed by atoms with van der Waals surface area (Å²) in [7, 11) is 0. The minimum atomic E-state index is 0.548. The average molecular weight is 805 g/mol. The lowest BCUT2D eigenvalue weighted by Gasteiger charge is -2.15. The average Bonchev–Trinajstić information content (AvgIpc) is 4.00. The van der Waals surface area contributed by atoms with Crippen molar-refractivity contribution >= 4 is 65.4 Å². The summed E-state index contributed by atoms with van der Waals surface area (Å²) in [6.07, 6.45) is 0. The van der Waals surface area contributed by atoms with Crippen LogP contribution in [0.2, 0.25) is 0 Å². The number of para-hydroxylation sites is 6. The van der Waals surface area contributed by atoms with E-state index in [-0.39, 0.29) is 0 Å². The number of nitrogens with zero attached hydrogens (tertiary/aromatic N) is 6. The predicted molar refractivity (Wildman–Crippen MR) is 259 cm³/mol. The first-order chi connectivity index (χ1) is 31.3. The fraction of sp³-hybridized carbons (Fsp3) is 0. The molecule has 0 aliphatic heterocycles. The van der Waals surface area contributed by atoms with Crippen molar-refractivity contribution in [2.45, 2.75) is 0 Å². The zero-order chi connectivity index (χ0) is 41.4. The summed E-state index contributed by atoms with van der Waals surface area (Å²) >= 11 is 0. The van der Waals surface area contributed by atoms with Crippen LogP contribution in [0.25, 0.3) is 117 Å². The molecule has 4 aromatic heterocycles. The van der Waals surface area contributed by atoms with E-state index in [1.165, 1.54) is 27.4 Å². The Morgan fingerprint density at radius 2 is 0.683 bits per heavy atom. The van der Waals surface area contributed by atoms with E-state index in [0.29, 0.717) is 17.7 Å². The van der Waals surface area contributed by atoms with Crippen LogP contribution in [0.5, 0.6) is 0 Å². The number of hydrogen-bond acceptors (Lipinski definition) is 3. The van der Waals surface area contributed by atoms with Gasteiger partial charge < -0.3 is 4.57 Å². The molecule has 63 heavy (non-hydrogen) atoms. The molecule has 0 saturated carbocycles. The van der Waals surface area contributed by atoms with E-state index in [1.807, 2.05) is 0 Å². The number of rotatable bonds is 6. The second-order valence-electron chi connectivity index (χ2n) is 16.0. The molecule has 0 spiro atoms. The summed E-state index contributed by atoms with van der Waals surface area (Å²) in [4.78, 5) is 16.2. The van der Waals surface area contributed by atoms with Crippen LogP contribution in [0.15, 0.2) is 218 Å². The van der Waals surface area contributed by atoms with Gasteiger partial charge >= 0.3 is 0 Å². The normalized spacial score (nSPS) is 11.8. The zero-order valence-electron chi connectivity index (χ0n) is 34.0. The Bertz CT molecular complexity index is 3820. The summed E-state index contributed by atoms with van der Waals surface area (Å²) in [6.45, 7) is 0. The Morgan fingerprint density at radius 3 is 1.25 bits per heavy atom. The molecule has 0 saturated heterocycles. The number of fused-ring (bicyclic) bond motifs is 9. The molecule has 6 nitrogen and oxygen atoms in total. The number of benzene rings is 9. The first-order valence-corrected chi connectivity index (χ1v) is 21.3. The second kappa shape index (κ2) is 14.0. The van der Waals surface area contributed by atoms with Gasteiger partial charge in [0.2, 0.25) is 11.9 Å². The molecule has 0 N–H and O–H groups in total. The Kier molecular flexibility index (Phi) is 7.80. The van der Waals surface area contributed by atoms with E-state index in [9.17, 15) is 0 Å². The van der Waals surface area contributed by atoms with Crippen molar-refractivity contribution in [1.82, 2.24) is 28.7 Å². The van der Waals surface area contributed by atoms with Crippen molar-refractivity contribution in [3.8, 4) is 51.2 Å². The van der Waals surface area contributed by atoms with Crippen LogP contribution in [-0.4, -0.2) is 28.7 Å². The Balaban J connectivity index is 1.06. The Morgan fingerprint density at radius 1 is 0.254 bits per heavy atom. The largest absolute Gasteiger partial charge is 0.309 e. The van der Waals surface area contributed by atoms with E-state index in [4.69, 9.17) is 15.0 Å². The quantitative estimate of drug-likeness (QED) is 0.168. The van der Waals surface area contributed by atoms with Gasteiger partial charge in [-0.05, 0) is 71.3 Å². The second-order valence-corrected chi connectivity index (χ2v) is 16.0. The maximum Gasteiger partial charge on any atom is 0.240 e. The van der Waals surface area contributed by atoms with Crippen LogP contribution in [0, 0.1) is 0 Å². The van der Waals surface area contributed by atoms with Gasteiger partial charge in [-0.2, -0.15) is 15.0 Å². The third-order valence-corrected chi connectivity index (χ3v) is 12.5. The highest BCUT2D eigenvalue weighted by atomic mass is 15.3. The van der Waals surface area contributed by atoms with Gasteiger partial charge in [-0.15, -0.1) is 0 Å². The van der Waals surface area contributed by atoms with Crippen LogP contribution >= 0.6 is 0 Å². The molecule has 6 heteroatoms. The fourth-order valence-electron chi connectivity index (χ4n) is 9.74. The van der Waals surface area contributed by atoms with Crippen LogP contribution < -0.4 is 0 Å². The highest BCUT2D eigenvalue weighted by molar-refractivity contribution is 6.12. The van der Waals surface area contributed by atoms with E-state index in [2.05, 4.69) is 232 Å². The van der Waals surface area contributed by atoms with Gasteiger partial charge in [-0.3, -0.25) is 9.13 Å². The smallest absolute Gasteiger partial charge is 0.240 e. The maximum atomic E-state index is 5.41. The Hall–Kier alpha value is -8.61. The topological polar surface area (TPSA) is 53.5 Å². The molecule has 0 fully saturated rings. The summed E-state index contributed by atoms with van der Waals surface area (Å²) in [5, 5.41) is 7.02. The van der Waals surface area contributed by atoms with E-state index >= 15 is 0 Å². The van der Waals surface area contributed by atoms with E-state index in [1.54, 1.807) is 0 Å². The zero-order valence-corrected chi connectivity index (χ0v) is 34.0. The van der Waals surface area contributed by atoms with Gasteiger partial charge in [0.15, 0.2) is 5.82 Å². The van der Waals surface area contributed by atoms with Crippen molar-refractivity contribution in [2.24, 2.45) is 0 Å². The third-order valence-electron chi connectivity index (χ3n) is 12.5. The molecular weight excluding hydrogens is 769 g/mol. The highest BCUT2D eigenvalue weighted by Gasteiger charge is 2.22. The first kappa shape index (κ1) is 35.2. The van der Waals surface area contributed by atoms with E-state index in [0.717, 1.165) is 71.6 Å². The lowest BCUT2D eigenvalue weighted by atomic mass is 10.0. The molecule has 0 aliphatic carbocycles. The SMILES string of the molecule is c1ccc(-c2ccc3c(c2)c2ccccc2n3-c2nc(-c3cccc(-c4ccccc4-n4c5ccccc5c5ccccc54)c3)nc(-n3c4ccccc4c4ccccc43)n2)cc1. The standard InChI is InChI=1S/C57H36N6/c1-2-17-37(18-3-1)38-33-34-54-47(36-38)46-26-9-15-32-53(46)63(54)57-59-55(58-56(60-57)62-51-30-13-7-24-44(51)45-25-8-14-31-52(45)62)40-20-16-19-39(35-40)41-21-4-10-27-48(41)61-49-28-11-5-22-42(49)43-23-6-12-29-50(43)61/h1-36H. The molecule has 0 amide bonds. The molecule has 0 atom stereocenters. The summed E-state index contributed by atoms with van der Waals surface area (Å²) in [5.74, 6) is 1.68. The Labute approximate surface area is 362 Å². The monoisotopic (exact) mass is 804 g/mol. The molecule has 13 rings (SSSR count). The number of hydrogen-bond donors (Lipinski definition) is 0. The van der Waals surface area contributed by atoms with Gasteiger partial charge in [0, 0.05) is 43.4 Å². The third kappa shape index (κ3) is 5.48. The van der Waals surface area contributed by atoms with Gasteiger partial charge in [-0.1, -0.05) is 164 Å². The summed E-state index contributed by atoms with van der Waals surface area (Å²) in [5.41, 5.74) is 13.0. The lowest BCUT2D eigenvalue weighted by Crippen LogP contribution is -2.10. The fourth-order valence-corrected chi connectivity index (χ4v) is 9.74. The van der Waals surface area contributed by atoms with Crippen molar-refractivity contribution in [3.63, 3.8) is 0 Å². The number of aromatic nitrogens is 6. The van der Waals surface area contributed by atoms with Crippen molar-refractivity contribution in [3.05, 3.63) is 218 Å². The molecule has 0 unspecified atom stereocenters. The van der Waals surface area contributed by atoms with Gasteiger partial charge in [0.25, 0.3) is 0 Å². The molecule has 0 aliphatic rings. The summed E-state index contributed by atoms with van der Waals surface area (Å²) < 4.78 is 6.77.